The SMILES string of the molecule is [B][S+]([B])C. The van der Waals surface area contributed by atoms with Crippen molar-refractivity contribution in [2.75, 3.05) is 6.26 Å². The summed E-state index contributed by atoms with van der Waals surface area (Å²) in [6.07, 6.45) is 1.75. The van der Waals surface area contributed by atoms with Crippen molar-refractivity contribution in [1.29, 1.82) is 0 Å². The normalized spacial score (nSPS) is 8.50. The molecule has 0 heterocycles. The van der Waals surface area contributed by atoms with Gasteiger partial charge in [-0.25, -0.2) is 0 Å². The molecular weight excluding hydrogens is 65.7 g/mol. The van der Waals surface area contributed by atoms with Crippen LogP contribution in [0.3, 0.4) is 0 Å². The summed E-state index contributed by atoms with van der Waals surface area (Å²) >= 11 is 0. The van der Waals surface area contributed by atoms with Crippen molar-refractivity contribution in [3.05, 3.63) is 0 Å². The third kappa shape index (κ3) is 23.6. The van der Waals surface area contributed by atoms with Crippen LogP contribution in [0.2, 0.25) is 0 Å². The first-order chi connectivity index (χ1) is 1.73. The summed E-state index contributed by atoms with van der Waals surface area (Å²) in [5.41, 5.74) is 0. The number of rotatable bonds is 0. The summed E-state index contributed by atoms with van der Waals surface area (Å²) in [5.74, 6) is 0. The molecule has 0 saturated heterocycles. The Balaban J connectivity index is 2.32. The molecule has 0 aliphatic carbocycles. The van der Waals surface area contributed by atoms with Gasteiger partial charge in [0.2, 0.25) is 0 Å². The molecule has 0 N–H and O–H groups in total. The van der Waals surface area contributed by atoms with Gasteiger partial charge in [0.05, 0.1) is 6.26 Å². The van der Waals surface area contributed by atoms with E-state index in [2.05, 4.69) is 0 Å². The minimum atomic E-state index is -0.361. The Bertz CT molecular complexity index is 10.8. The lowest BCUT2D eigenvalue weighted by atomic mass is 10.7. The van der Waals surface area contributed by atoms with E-state index in [0.29, 0.717) is 0 Å². The highest BCUT2D eigenvalue weighted by Crippen LogP contribution is 1.58. The van der Waals surface area contributed by atoms with E-state index in [9.17, 15) is 0 Å². The van der Waals surface area contributed by atoms with Crippen molar-refractivity contribution in [2.24, 2.45) is 0 Å². The van der Waals surface area contributed by atoms with Crippen LogP contribution in [0.5, 0.6) is 0 Å². The van der Waals surface area contributed by atoms with Gasteiger partial charge in [-0.05, 0) is 0 Å². The molecule has 0 aromatic carbocycles. The fourth-order valence-electron chi connectivity index (χ4n) is 0. The monoisotopic (exact) mass is 69.0 g/mol. The van der Waals surface area contributed by atoms with Crippen LogP contribution in [0.1, 0.15) is 0 Å². The molecule has 0 amide bonds. The van der Waals surface area contributed by atoms with E-state index in [4.69, 9.17) is 14.2 Å². The molecular formula is CH3B2S+. The molecule has 0 aliphatic heterocycles. The highest BCUT2D eigenvalue weighted by Gasteiger charge is 1.83. The second-order valence-electron chi connectivity index (χ2n) is 0.607. The molecule has 0 saturated carbocycles. The zero-order valence-corrected chi connectivity index (χ0v) is 3.38. The lowest BCUT2D eigenvalue weighted by Crippen LogP contribution is -1.90. The molecule has 0 spiro atoms. The third-order valence-electron chi connectivity index (χ3n) is 0. The van der Waals surface area contributed by atoms with Gasteiger partial charge in [0, 0.05) is 0 Å². The largest absolute Gasteiger partial charge is 0.441 e. The fourth-order valence-corrected chi connectivity index (χ4v) is 0. The van der Waals surface area contributed by atoms with Crippen LogP contribution >= 0.6 is 0 Å². The van der Waals surface area contributed by atoms with E-state index in [1.54, 1.807) is 6.26 Å². The summed E-state index contributed by atoms with van der Waals surface area (Å²) in [6, 6.07) is 0. The number of hydrogen-bond acceptors (Lipinski definition) is 0. The molecule has 0 atom stereocenters. The van der Waals surface area contributed by atoms with E-state index in [0.717, 1.165) is 0 Å². The van der Waals surface area contributed by atoms with Gasteiger partial charge in [-0.1, -0.05) is 0 Å². The Morgan fingerprint density at radius 1 is 1.50 bits per heavy atom. The van der Waals surface area contributed by atoms with Crippen LogP contribution in [0.15, 0.2) is 0 Å². The van der Waals surface area contributed by atoms with Gasteiger partial charge in [-0.2, -0.15) is 10.6 Å². The molecule has 3 heteroatoms. The Kier molecular flexibility index (Phi) is 1.98. The minimum absolute atomic E-state index is 0.361. The first-order valence-electron chi connectivity index (χ1n) is 0.880. The molecule has 0 aromatic rings. The van der Waals surface area contributed by atoms with Crippen molar-refractivity contribution in [1.82, 2.24) is 0 Å². The lowest BCUT2D eigenvalue weighted by molar-refractivity contribution is 2.52. The lowest BCUT2D eigenvalue weighted by Gasteiger charge is -1.68. The van der Waals surface area contributed by atoms with E-state index >= 15 is 0 Å². The number of hydrogen-bond donors (Lipinski definition) is 0. The van der Waals surface area contributed by atoms with Gasteiger partial charge in [0.1, 0.15) is 0 Å². The molecule has 0 fully saturated rings. The smallest absolute Gasteiger partial charge is 0.171 e. The van der Waals surface area contributed by atoms with Gasteiger partial charge in [-0.15, -0.1) is 0 Å². The van der Waals surface area contributed by atoms with Crippen LogP contribution in [0, 0.1) is 0 Å². The zero-order valence-electron chi connectivity index (χ0n) is 2.56. The van der Waals surface area contributed by atoms with Crippen LogP contribution in [-0.4, -0.2) is 20.5 Å². The average molecular weight is 68.7 g/mol. The summed E-state index contributed by atoms with van der Waals surface area (Å²) in [7, 11) is 9.47. The van der Waals surface area contributed by atoms with E-state index in [1.165, 1.54) is 0 Å². The highest BCUT2D eigenvalue weighted by atomic mass is 32.2. The summed E-state index contributed by atoms with van der Waals surface area (Å²) in [4.78, 5) is 0. The van der Waals surface area contributed by atoms with Crippen molar-refractivity contribution >= 4 is 24.8 Å². The first kappa shape index (κ1) is 4.48. The van der Waals surface area contributed by atoms with Gasteiger partial charge < -0.3 is 0 Å². The second kappa shape index (κ2) is 1.77. The van der Waals surface area contributed by atoms with Gasteiger partial charge in [0.15, 0.2) is 0 Å². The average Bonchev–Trinajstić information content (AvgIpc) is 0.811. The fraction of sp³-hybridized carbons (Fsp3) is 1.00. The molecule has 0 nitrogen and oxygen atoms in total. The summed E-state index contributed by atoms with van der Waals surface area (Å²) in [5, 5.41) is 0. The topological polar surface area (TPSA) is 0 Å². The molecule has 0 bridgehead atoms. The Morgan fingerprint density at radius 2 is 1.50 bits per heavy atom. The van der Waals surface area contributed by atoms with E-state index in [-0.39, 0.29) is 10.6 Å². The predicted molar refractivity (Wildman–Crippen MR) is 24.8 cm³/mol. The maximum atomic E-state index is 4.92. The van der Waals surface area contributed by atoms with Crippen LogP contribution < -0.4 is 0 Å². The van der Waals surface area contributed by atoms with Crippen LogP contribution in [-0.2, 0) is 10.6 Å². The quantitative estimate of drug-likeness (QED) is 0.263. The summed E-state index contributed by atoms with van der Waals surface area (Å²) in [6.45, 7) is 0. The van der Waals surface area contributed by atoms with Gasteiger partial charge in [-0.3, -0.25) is 0 Å². The van der Waals surface area contributed by atoms with Crippen molar-refractivity contribution in [3.63, 3.8) is 0 Å². The predicted octanol–water partition coefficient (Wildman–Crippen LogP) is -0.599. The van der Waals surface area contributed by atoms with Crippen LogP contribution in [0.4, 0.5) is 0 Å². The Hall–Kier alpha value is 0.480. The molecule has 0 aliphatic rings. The van der Waals surface area contributed by atoms with E-state index in [1.807, 2.05) is 0 Å². The van der Waals surface area contributed by atoms with Gasteiger partial charge in [0.25, 0.3) is 0 Å². The van der Waals surface area contributed by atoms with Crippen molar-refractivity contribution in [2.45, 2.75) is 0 Å². The van der Waals surface area contributed by atoms with Crippen LogP contribution in [0.25, 0.3) is 0 Å². The van der Waals surface area contributed by atoms with Crippen molar-refractivity contribution < 1.29 is 0 Å². The molecule has 4 radical (unpaired) electrons. The third-order valence-corrected chi connectivity index (χ3v) is 0. The Morgan fingerprint density at radius 3 is 1.50 bits per heavy atom. The molecule has 0 unspecified atom stereocenters. The molecule has 0 aromatic heterocycles. The maximum absolute atomic E-state index is 4.92. The minimum Gasteiger partial charge on any atom is -0.171 e. The molecule has 0 rings (SSSR count). The van der Waals surface area contributed by atoms with E-state index < -0.39 is 0 Å². The van der Waals surface area contributed by atoms with Gasteiger partial charge >= 0.3 is 14.2 Å². The highest BCUT2D eigenvalue weighted by molar-refractivity contribution is 8.32. The standard InChI is InChI=1S/CH3B2S/c1-4(2)3/h1H3/q+1. The second-order valence-corrected chi connectivity index (χ2v) is 1.82. The molecule has 18 valence electrons. The van der Waals surface area contributed by atoms with Crippen molar-refractivity contribution in [3.8, 4) is 0 Å². The summed E-state index contributed by atoms with van der Waals surface area (Å²) < 4.78 is 0. The zero-order chi connectivity index (χ0) is 3.58. The maximum Gasteiger partial charge on any atom is 0.441 e. The Labute approximate surface area is 31.9 Å². The molecule has 4 heavy (non-hydrogen) atoms. The first-order valence-corrected chi connectivity index (χ1v) is 2.64.